The number of aromatic nitrogens is 5. The lowest BCUT2D eigenvalue weighted by Crippen LogP contribution is -2.30. The Morgan fingerprint density at radius 1 is 1.12 bits per heavy atom. The molecule has 9 heteroatoms. The Balaban J connectivity index is 1.44. The van der Waals surface area contributed by atoms with Crippen molar-refractivity contribution in [2.75, 3.05) is 11.9 Å². The maximum absolute atomic E-state index is 11.7. The molecule has 0 spiro atoms. The van der Waals surface area contributed by atoms with Gasteiger partial charge in [0.05, 0.1) is 17.1 Å². The first-order valence-electron chi connectivity index (χ1n) is 10.8. The molecule has 0 atom stereocenters. The first-order chi connectivity index (χ1) is 15.8. The third-order valence-corrected chi connectivity index (χ3v) is 5.88. The normalized spacial score (nSPS) is 14.3. The van der Waals surface area contributed by atoms with Gasteiger partial charge in [0.25, 0.3) is 0 Å². The van der Waals surface area contributed by atoms with E-state index in [-0.39, 0.29) is 12.5 Å². The van der Waals surface area contributed by atoms with Crippen molar-refractivity contribution < 1.29 is 9.53 Å². The molecule has 1 amide bonds. The van der Waals surface area contributed by atoms with Crippen LogP contribution < -0.4 is 15.8 Å². The molecule has 33 heavy (non-hydrogen) atoms. The summed E-state index contributed by atoms with van der Waals surface area (Å²) in [6.07, 6.45) is 5.13. The van der Waals surface area contributed by atoms with Gasteiger partial charge in [-0.2, -0.15) is 5.10 Å². The summed E-state index contributed by atoms with van der Waals surface area (Å²) in [5, 5.41) is 7.84. The van der Waals surface area contributed by atoms with Gasteiger partial charge in [-0.05, 0) is 57.4 Å². The molecule has 9 nitrogen and oxygen atoms in total. The minimum Gasteiger partial charge on any atom is -0.490 e. The predicted octanol–water partition coefficient (Wildman–Crippen LogP) is 3.50. The Labute approximate surface area is 191 Å². The quantitative estimate of drug-likeness (QED) is 0.448. The zero-order chi connectivity index (χ0) is 23.2. The Kier molecular flexibility index (Phi) is 4.96. The number of fused-ring (bicyclic) bond motifs is 1. The minimum absolute atomic E-state index is 0.265. The van der Waals surface area contributed by atoms with E-state index in [4.69, 9.17) is 10.5 Å². The van der Waals surface area contributed by atoms with Crippen molar-refractivity contribution in [3.05, 3.63) is 59.9 Å². The van der Waals surface area contributed by atoms with Crippen LogP contribution in [0.2, 0.25) is 0 Å². The molecule has 0 saturated heterocycles. The molecule has 168 valence electrons. The second-order valence-electron chi connectivity index (χ2n) is 8.64. The minimum atomic E-state index is -0.546. The molecule has 0 aromatic carbocycles. The van der Waals surface area contributed by atoms with Crippen LogP contribution in [0.25, 0.3) is 16.6 Å². The molecular formula is C24H25N7O2. The van der Waals surface area contributed by atoms with Crippen molar-refractivity contribution in [2.45, 2.75) is 33.6 Å². The van der Waals surface area contributed by atoms with Crippen LogP contribution in [0.1, 0.15) is 30.1 Å². The average Bonchev–Trinajstić information content (AvgIpc) is 3.45. The molecule has 1 saturated carbocycles. The number of ether oxygens (including phenoxy) is 1. The number of amides is 1. The van der Waals surface area contributed by atoms with Gasteiger partial charge in [-0.1, -0.05) is 0 Å². The maximum Gasteiger partial charge on any atom is 0.227 e. The highest BCUT2D eigenvalue weighted by Gasteiger charge is 2.49. The second-order valence-corrected chi connectivity index (χ2v) is 8.64. The van der Waals surface area contributed by atoms with E-state index < -0.39 is 5.41 Å². The van der Waals surface area contributed by atoms with Gasteiger partial charge < -0.3 is 15.8 Å². The zero-order valence-electron chi connectivity index (χ0n) is 18.8. The molecular weight excluding hydrogens is 418 g/mol. The van der Waals surface area contributed by atoms with Gasteiger partial charge in [0.15, 0.2) is 5.82 Å². The number of nitrogens with two attached hydrogens (primary N) is 1. The highest BCUT2D eigenvalue weighted by Crippen LogP contribution is 2.46. The van der Waals surface area contributed by atoms with Crippen molar-refractivity contribution in [2.24, 2.45) is 11.1 Å². The summed E-state index contributed by atoms with van der Waals surface area (Å²) in [7, 11) is 0. The molecule has 3 N–H and O–H groups in total. The zero-order valence-corrected chi connectivity index (χ0v) is 18.8. The fraction of sp³-hybridized carbons (Fsp3) is 0.292. The first-order valence-corrected chi connectivity index (χ1v) is 10.8. The largest absolute Gasteiger partial charge is 0.490 e. The highest BCUT2D eigenvalue weighted by atomic mass is 16.5. The van der Waals surface area contributed by atoms with Crippen molar-refractivity contribution in [1.82, 2.24) is 24.6 Å². The number of pyridine rings is 2. The number of hydrogen-bond acceptors (Lipinski definition) is 7. The molecule has 0 aliphatic heterocycles. The average molecular weight is 444 g/mol. The van der Waals surface area contributed by atoms with Crippen LogP contribution in [0.15, 0.2) is 42.7 Å². The number of hydrogen-bond donors (Lipinski definition) is 2. The molecule has 1 aliphatic carbocycles. The van der Waals surface area contributed by atoms with Crippen molar-refractivity contribution in [3.8, 4) is 16.9 Å². The predicted molar refractivity (Wildman–Crippen MR) is 124 cm³/mol. The van der Waals surface area contributed by atoms with E-state index in [0.717, 1.165) is 40.9 Å². The lowest BCUT2D eigenvalue weighted by Gasteiger charge is -2.16. The van der Waals surface area contributed by atoms with Crippen LogP contribution in [-0.2, 0) is 4.79 Å². The summed E-state index contributed by atoms with van der Waals surface area (Å²) >= 11 is 0. The van der Waals surface area contributed by atoms with Crippen LogP contribution in [0.4, 0.5) is 11.6 Å². The Bertz CT molecular complexity index is 1350. The highest BCUT2D eigenvalue weighted by molar-refractivity contribution is 5.84. The van der Waals surface area contributed by atoms with Gasteiger partial charge >= 0.3 is 0 Å². The molecule has 5 rings (SSSR count). The standard InChI is InChI=1S/C24H25N7O2/c1-14-8-19(20(12-26-14)33-13-24(5-6-24)23(25)32)17-4-7-31-18(10-17)11-22(30-31)29-21-9-15(2)27-16(3)28-21/h4,7-12H,5-6,13H2,1-3H3,(H2,25,32)(H,27,28,29,30). The molecule has 0 radical (unpaired) electrons. The topological polar surface area (TPSA) is 120 Å². The fourth-order valence-corrected chi connectivity index (χ4v) is 3.85. The summed E-state index contributed by atoms with van der Waals surface area (Å²) in [6.45, 7) is 5.99. The van der Waals surface area contributed by atoms with Crippen molar-refractivity contribution in [1.29, 1.82) is 0 Å². The second kappa shape index (κ2) is 7.84. The Morgan fingerprint density at radius 2 is 1.94 bits per heavy atom. The number of anilines is 2. The third-order valence-electron chi connectivity index (χ3n) is 5.88. The molecule has 4 heterocycles. The maximum atomic E-state index is 11.7. The van der Waals surface area contributed by atoms with Gasteiger partial charge in [0, 0.05) is 35.3 Å². The number of primary amides is 1. The van der Waals surface area contributed by atoms with Gasteiger partial charge in [-0.3, -0.25) is 9.78 Å². The van der Waals surface area contributed by atoms with Crippen LogP contribution in [0.5, 0.6) is 5.75 Å². The Hall–Kier alpha value is -4.01. The molecule has 0 bridgehead atoms. The van der Waals surface area contributed by atoms with Gasteiger partial charge in [-0.25, -0.2) is 14.5 Å². The molecule has 4 aromatic heterocycles. The van der Waals surface area contributed by atoms with Gasteiger partial charge in [0.1, 0.15) is 24.0 Å². The van der Waals surface area contributed by atoms with E-state index in [2.05, 4.69) is 25.4 Å². The third kappa shape index (κ3) is 4.21. The fourth-order valence-electron chi connectivity index (χ4n) is 3.85. The number of nitrogens with one attached hydrogen (secondary N) is 1. The van der Waals surface area contributed by atoms with E-state index in [1.807, 2.05) is 57.3 Å². The van der Waals surface area contributed by atoms with Gasteiger partial charge in [0.2, 0.25) is 5.91 Å². The lowest BCUT2D eigenvalue weighted by atomic mass is 10.1. The van der Waals surface area contributed by atoms with E-state index in [1.165, 1.54) is 0 Å². The molecule has 1 aliphatic rings. The monoisotopic (exact) mass is 443 g/mol. The lowest BCUT2D eigenvalue weighted by molar-refractivity contribution is -0.124. The molecule has 0 unspecified atom stereocenters. The van der Waals surface area contributed by atoms with E-state index in [1.54, 1.807) is 10.7 Å². The first kappa shape index (κ1) is 20.9. The van der Waals surface area contributed by atoms with Crippen LogP contribution in [0, 0.1) is 26.2 Å². The number of carbonyl (C=O) groups is 1. The van der Waals surface area contributed by atoms with Crippen molar-refractivity contribution in [3.63, 3.8) is 0 Å². The summed E-state index contributed by atoms with van der Waals surface area (Å²) in [5.74, 6) is 2.41. The number of aryl methyl sites for hydroxylation is 3. The van der Waals surface area contributed by atoms with E-state index >= 15 is 0 Å². The number of nitrogens with zero attached hydrogens (tertiary/aromatic N) is 5. The smallest absolute Gasteiger partial charge is 0.227 e. The van der Waals surface area contributed by atoms with Crippen molar-refractivity contribution >= 4 is 23.1 Å². The van der Waals surface area contributed by atoms with Crippen LogP contribution in [-0.4, -0.2) is 37.1 Å². The molecule has 1 fully saturated rings. The summed E-state index contributed by atoms with van der Waals surface area (Å²) in [6, 6.07) is 9.83. The van der Waals surface area contributed by atoms with E-state index in [0.29, 0.717) is 23.2 Å². The summed E-state index contributed by atoms with van der Waals surface area (Å²) in [5.41, 5.74) is 9.55. The number of carbonyl (C=O) groups excluding carboxylic acids is 1. The summed E-state index contributed by atoms with van der Waals surface area (Å²) < 4.78 is 7.84. The van der Waals surface area contributed by atoms with Crippen LogP contribution >= 0.6 is 0 Å². The van der Waals surface area contributed by atoms with E-state index in [9.17, 15) is 4.79 Å². The summed E-state index contributed by atoms with van der Waals surface area (Å²) in [4.78, 5) is 24.8. The SMILES string of the molecule is Cc1cc(-c2ccn3nc(Nc4cc(C)nc(C)n4)cc3c2)c(OCC2(C(N)=O)CC2)cn1. The molecule has 4 aromatic rings. The van der Waals surface area contributed by atoms with Crippen LogP contribution in [0.3, 0.4) is 0 Å². The number of rotatable bonds is 7. The Morgan fingerprint density at radius 3 is 2.67 bits per heavy atom. The van der Waals surface area contributed by atoms with Gasteiger partial charge in [-0.15, -0.1) is 0 Å².